The molecule has 2 N–H and O–H groups in total. The Bertz CT molecular complexity index is 932. The average molecular weight is 393 g/mol. The van der Waals surface area contributed by atoms with Crippen molar-refractivity contribution in [1.29, 1.82) is 0 Å². The van der Waals surface area contributed by atoms with Crippen molar-refractivity contribution in [3.05, 3.63) is 46.5 Å². The largest absolute Gasteiger partial charge is 0.357 e. The van der Waals surface area contributed by atoms with E-state index in [-0.39, 0.29) is 5.91 Å². The zero-order valence-electron chi connectivity index (χ0n) is 14.4. The fourth-order valence-electron chi connectivity index (χ4n) is 3.54. The molecule has 1 aromatic carbocycles. The average Bonchev–Trinajstić information content (AvgIpc) is 3.14. The second-order valence-corrected chi connectivity index (χ2v) is 9.72. The van der Waals surface area contributed by atoms with Crippen molar-refractivity contribution < 1.29 is 13.2 Å². The fraction of sp³-hybridized carbons (Fsp3) is 0.412. The molecule has 2 aromatic rings. The molecule has 2 aliphatic heterocycles. The van der Waals surface area contributed by atoms with Crippen LogP contribution in [0.2, 0.25) is 0 Å². The topological polar surface area (TPSA) is 91.4 Å². The number of hydrogen-bond donors (Lipinski definition) is 2. The van der Waals surface area contributed by atoms with Crippen LogP contribution in [0, 0.1) is 0 Å². The molecule has 0 saturated carbocycles. The third-order valence-corrected chi connectivity index (χ3v) is 7.29. The molecule has 1 saturated heterocycles. The van der Waals surface area contributed by atoms with E-state index in [2.05, 4.69) is 15.6 Å². The molecule has 1 amide bonds. The highest BCUT2D eigenvalue weighted by molar-refractivity contribution is 7.88. The summed E-state index contributed by atoms with van der Waals surface area (Å²) in [6, 6.07) is 10.00. The Labute approximate surface area is 156 Å². The molecule has 1 aromatic heterocycles. The highest BCUT2D eigenvalue weighted by atomic mass is 32.2. The third kappa shape index (κ3) is 3.10. The zero-order chi connectivity index (χ0) is 18.4. The predicted molar refractivity (Wildman–Crippen MR) is 101 cm³/mol. The number of amides is 1. The summed E-state index contributed by atoms with van der Waals surface area (Å²) in [4.78, 5) is 17.7. The molecule has 26 heavy (non-hydrogen) atoms. The van der Waals surface area contributed by atoms with Gasteiger partial charge in [-0.05, 0) is 18.4 Å². The van der Waals surface area contributed by atoms with Gasteiger partial charge in [-0.3, -0.25) is 4.79 Å². The Morgan fingerprint density at radius 1 is 1.27 bits per heavy atom. The summed E-state index contributed by atoms with van der Waals surface area (Å²) in [5, 5.41) is 7.06. The lowest BCUT2D eigenvalue weighted by atomic mass is 9.87. The van der Waals surface area contributed by atoms with Gasteiger partial charge >= 0.3 is 0 Å². The van der Waals surface area contributed by atoms with E-state index in [1.807, 2.05) is 30.3 Å². The molecule has 4 rings (SSSR count). The number of carbonyl (C=O) groups is 1. The van der Waals surface area contributed by atoms with Gasteiger partial charge in [0.2, 0.25) is 10.0 Å². The smallest absolute Gasteiger partial charge is 0.264 e. The van der Waals surface area contributed by atoms with Gasteiger partial charge < -0.3 is 10.6 Å². The number of thiazole rings is 1. The van der Waals surface area contributed by atoms with Crippen LogP contribution in [0.15, 0.2) is 30.3 Å². The number of rotatable bonds is 4. The second-order valence-electron chi connectivity index (χ2n) is 6.73. The SMILES string of the molecule is CS(=O)(=O)N1CCC2(CC1)NC(=O)c1sc(NCc3ccccc3)nc12. The van der Waals surface area contributed by atoms with Gasteiger partial charge in [-0.2, -0.15) is 0 Å². The van der Waals surface area contributed by atoms with Crippen LogP contribution in [0.1, 0.15) is 33.8 Å². The Kier molecular flexibility index (Phi) is 4.25. The Balaban J connectivity index is 1.52. The molecule has 138 valence electrons. The molecular formula is C17H20N4O3S2. The molecule has 3 heterocycles. The molecule has 0 atom stereocenters. The molecule has 9 heteroatoms. The molecule has 1 fully saturated rings. The molecule has 7 nitrogen and oxygen atoms in total. The summed E-state index contributed by atoms with van der Waals surface area (Å²) in [6.07, 6.45) is 2.30. The van der Waals surface area contributed by atoms with Gasteiger partial charge in [0, 0.05) is 19.6 Å². The van der Waals surface area contributed by atoms with Crippen molar-refractivity contribution in [3.8, 4) is 0 Å². The van der Waals surface area contributed by atoms with Gasteiger partial charge in [0.05, 0.1) is 17.5 Å². The minimum absolute atomic E-state index is 0.113. The maximum atomic E-state index is 12.4. The molecule has 0 radical (unpaired) electrons. The number of carbonyl (C=O) groups excluding carboxylic acids is 1. The summed E-state index contributed by atoms with van der Waals surface area (Å²) in [5.41, 5.74) is 1.36. The van der Waals surface area contributed by atoms with Crippen molar-refractivity contribution in [2.45, 2.75) is 24.9 Å². The van der Waals surface area contributed by atoms with E-state index in [4.69, 9.17) is 0 Å². The maximum absolute atomic E-state index is 12.4. The van der Waals surface area contributed by atoms with E-state index < -0.39 is 15.6 Å². The number of piperidine rings is 1. The summed E-state index contributed by atoms with van der Waals surface area (Å²) in [6.45, 7) is 1.43. The van der Waals surface area contributed by atoms with Crippen LogP contribution in [0.4, 0.5) is 5.13 Å². The molecule has 0 aliphatic carbocycles. The zero-order valence-corrected chi connectivity index (χ0v) is 16.0. The monoisotopic (exact) mass is 392 g/mol. The van der Waals surface area contributed by atoms with Crippen molar-refractivity contribution in [2.24, 2.45) is 0 Å². The van der Waals surface area contributed by atoms with Gasteiger partial charge in [0.1, 0.15) is 4.88 Å². The Morgan fingerprint density at radius 3 is 2.62 bits per heavy atom. The number of hydrogen-bond acceptors (Lipinski definition) is 6. The second kappa shape index (κ2) is 6.33. The lowest BCUT2D eigenvalue weighted by Crippen LogP contribution is -2.50. The van der Waals surface area contributed by atoms with Crippen molar-refractivity contribution in [3.63, 3.8) is 0 Å². The minimum Gasteiger partial charge on any atom is -0.357 e. The van der Waals surface area contributed by atoms with E-state index >= 15 is 0 Å². The number of benzene rings is 1. The summed E-state index contributed by atoms with van der Waals surface area (Å²) < 4.78 is 24.9. The summed E-state index contributed by atoms with van der Waals surface area (Å²) in [7, 11) is -3.21. The first kappa shape index (κ1) is 17.4. The van der Waals surface area contributed by atoms with Gasteiger partial charge in [-0.15, -0.1) is 0 Å². The number of aromatic nitrogens is 1. The predicted octanol–water partition coefficient (Wildman–Crippen LogP) is 1.75. The van der Waals surface area contributed by atoms with Crippen LogP contribution >= 0.6 is 11.3 Å². The third-order valence-electron chi connectivity index (χ3n) is 4.97. The van der Waals surface area contributed by atoms with Gasteiger partial charge in [0.15, 0.2) is 5.13 Å². The van der Waals surface area contributed by atoms with E-state index in [1.165, 1.54) is 21.9 Å². The van der Waals surface area contributed by atoms with Crippen LogP contribution < -0.4 is 10.6 Å². The highest BCUT2D eigenvalue weighted by Gasteiger charge is 2.48. The van der Waals surface area contributed by atoms with E-state index in [9.17, 15) is 13.2 Å². The first-order chi connectivity index (χ1) is 12.4. The number of anilines is 1. The van der Waals surface area contributed by atoms with Gasteiger partial charge in [-0.1, -0.05) is 41.7 Å². The quantitative estimate of drug-likeness (QED) is 0.827. The van der Waals surface area contributed by atoms with Gasteiger partial charge in [-0.25, -0.2) is 17.7 Å². The van der Waals surface area contributed by atoms with Crippen LogP contribution in [-0.4, -0.2) is 43.0 Å². The number of nitrogens with one attached hydrogen (secondary N) is 2. The first-order valence-corrected chi connectivity index (χ1v) is 11.1. The van der Waals surface area contributed by atoms with Crippen molar-refractivity contribution >= 4 is 32.4 Å². The normalized spacial score (nSPS) is 19.3. The molecule has 0 bridgehead atoms. The van der Waals surface area contributed by atoms with E-state index in [0.29, 0.717) is 37.4 Å². The molecular weight excluding hydrogens is 372 g/mol. The molecule has 0 unspecified atom stereocenters. The number of sulfonamides is 1. The summed E-state index contributed by atoms with van der Waals surface area (Å²) >= 11 is 1.36. The minimum atomic E-state index is -3.21. The van der Waals surface area contributed by atoms with Crippen LogP contribution in [0.25, 0.3) is 0 Å². The van der Waals surface area contributed by atoms with Crippen molar-refractivity contribution in [2.75, 3.05) is 24.7 Å². The van der Waals surface area contributed by atoms with E-state index in [0.717, 1.165) is 16.4 Å². The number of fused-ring (bicyclic) bond motifs is 2. The standard InChI is InChI=1S/C17H20N4O3S2/c1-26(23,24)21-9-7-17(8-10-21)14-13(15(22)20-17)25-16(19-14)18-11-12-5-3-2-4-6-12/h2-6H,7-11H2,1H3,(H,18,19)(H,20,22). The molecule has 2 aliphatic rings. The number of nitrogens with zero attached hydrogens (tertiary/aromatic N) is 2. The van der Waals surface area contributed by atoms with Crippen molar-refractivity contribution in [1.82, 2.24) is 14.6 Å². The lowest BCUT2D eigenvalue weighted by molar-refractivity contribution is 0.0900. The fourth-order valence-corrected chi connectivity index (χ4v) is 5.34. The van der Waals surface area contributed by atoms with Gasteiger partial charge in [0.25, 0.3) is 5.91 Å². The van der Waals surface area contributed by atoms with Crippen LogP contribution in [0.5, 0.6) is 0 Å². The maximum Gasteiger partial charge on any atom is 0.264 e. The lowest BCUT2D eigenvalue weighted by Gasteiger charge is -2.37. The van der Waals surface area contributed by atoms with Crippen LogP contribution in [0.3, 0.4) is 0 Å². The van der Waals surface area contributed by atoms with E-state index in [1.54, 1.807) is 0 Å². The first-order valence-electron chi connectivity index (χ1n) is 8.44. The summed E-state index contributed by atoms with van der Waals surface area (Å²) in [5.74, 6) is -0.113. The molecule has 1 spiro atoms. The Morgan fingerprint density at radius 2 is 1.96 bits per heavy atom. The Hall–Kier alpha value is -1.97. The highest BCUT2D eigenvalue weighted by Crippen LogP contribution is 2.42. The van der Waals surface area contributed by atoms with Crippen LogP contribution in [-0.2, 0) is 22.1 Å².